The van der Waals surface area contributed by atoms with Gasteiger partial charge in [0.2, 0.25) is 11.5 Å². The molecule has 0 aliphatic rings. The number of nitrogens with one attached hydrogen (secondary N) is 2. The first-order chi connectivity index (χ1) is 14.6. The van der Waals surface area contributed by atoms with Gasteiger partial charge in [0.05, 0.1) is 7.11 Å². The summed E-state index contributed by atoms with van der Waals surface area (Å²) in [6.07, 6.45) is 0. The molecular formula is C20H23Cl2N5O4. The van der Waals surface area contributed by atoms with Crippen LogP contribution >= 0.6 is 24.0 Å². The van der Waals surface area contributed by atoms with Crippen molar-refractivity contribution in [2.75, 3.05) is 25.9 Å². The molecule has 1 heterocycles. The van der Waals surface area contributed by atoms with E-state index in [0.717, 1.165) is 11.1 Å². The molecule has 3 aromatic rings. The lowest BCUT2D eigenvalue weighted by Crippen LogP contribution is -2.32. The Bertz CT molecular complexity index is 999. The second-order valence-corrected chi connectivity index (χ2v) is 6.77. The van der Waals surface area contributed by atoms with E-state index in [-0.39, 0.29) is 23.9 Å². The maximum absolute atomic E-state index is 11.8. The van der Waals surface area contributed by atoms with E-state index < -0.39 is 5.91 Å². The summed E-state index contributed by atoms with van der Waals surface area (Å²) < 4.78 is 15.7. The third-order valence-electron chi connectivity index (χ3n) is 4.16. The number of amides is 1. The van der Waals surface area contributed by atoms with Gasteiger partial charge in [-0.05, 0) is 45.7 Å². The van der Waals surface area contributed by atoms with Crippen LogP contribution in [0.15, 0.2) is 47.1 Å². The summed E-state index contributed by atoms with van der Waals surface area (Å²) in [4.78, 5) is 11.8. The number of anilines is 1. The number of benzene rings is 2. The van der Waals surface area contributed by atoms with Crippen molar-refractivity contribution in [3.05, 3.63) is 64.3 Å². The topological polar surface area (TPSA) is 125 Å². The van der Waals surface area contributed by atoms with Crippen LogP contribution in [0.4, 0.5) is 5.82 Å². The van der Waals surface area contributed by atoms with Gasteiger partial charge in [0.25, 0.3) is 5.91 Å². The fourth-order valence-corrected chi connectivity index (χ4v) is 2.88. The van der Waals surface area contributed by atoms with Crippen LogP contribution in [0.2, 0.25) is 5.02 Å². The number of rotatable bonds is 10. The van der Waals surface area contributed by atoms with Crippen LogP contribution < -0.4 is 25.8 Å². The van der Waals surface area contributed by atoms with Crippen LogP contribution in [0.5, 0.6) is 11.5 Å². The number of nitrogen functional groups attached to an aromatic ring is 1. The van der Waals surface area contributed by atoms with Crippen LogP contribution in [0.25, 0.3) is 0 Å². The second-order valence-electron chi connectivity index (χ2n) is 6.33. The summed E-state index contributed by atoms with van der Waals surface area (Å²) in [5, 5.41) is 13.4. The molecule has 9 nitrogen and oxygen atoms in total. The Balaban J connectivity index is 0.00000341. The number of ether oxygens (including phenoxy) is 2. The van der Waals surface area contributed by atoms with Gasteiger partial charge in [-0.15, -0.1) is 12.4 Å². The van der Waals surface area contributed by atoms with E-state index in [2.05, 4.69) is 25.6 Å². The minimum absolute atomic E-state index is 0. The van der Waals surface area contributed by atoms with Crippen molar-refractivity contribution in [2.45, 2.75) is 13.2 Å². The fraction of sp³-hybridized carbons (Fsp3) is 0.250. The highest BCUT2D eigenvalue weighted by molar-refractivity contribution is 6.30. The van der Waals surface area contributed by atoms with Gasteiger partial charge in [-0.25, -0.2) is 4.63 Å². The SMILES string of the molecule is COc1cc(CNCCNC(=O)c2nonc2N)ccc1OCc1cccc(Cl)c1.Cl. The van der Waals surface area contributed by atoms with Crippen LogP contribution in [0.3, 0.4) is 0 Å². The molecule has 0 aliphatic carbocycles. The Morgan fingerprint density at radius 3 is 2.68 bits per heavy atom. The third-order valence-corrected chi connectivity index (χ3v) is 4.39. The predicted octanol–water partition coefficient (Wildman–Crippen LogP) is 2.83. The first-order valence-corrected chi connectivity index (χ1v) is 9.55. The molecule has 31 heavy (non-hydrogen) atoms. The minimum Gasteiger partial charge on any atom is -0.493 e. The predicted molar refractivity (Wildman–Crippen MR) is 119 cm³/mol. The van der Waals surface area contributed by atoms with Crippen LogP contribution in [-0.2, 0) is 13.2 Å². The van der Waals surface area contributed by atoms with E-state index in [0.29, 0.717) is 42.8 Å². The number of carbonyl (C=O) groups excluding carboxylic acids is 1. The van der Waals surface area contributed by atoms with E-state index in [1.165, 1.54) is 0 Å². The van der Waals surface area contributed by atoms with Crippen molar-refractivity contribution < 1.29 is 18.9 Å². The fourth-order valence-electron chi connectivity index (χ4n) is 2.66. The molecule has 1 aromatic heterocycles. The number of aromatic nitrogens is 2. The first kappa shape index (κ1) is 24.3. The van der Waals surface area contributed by atoms with Crippen molar-refractivity contribution in [2.24, 2.45) is 0 Å². The second kappa shape index (κ2) is 12.0. The molecule has 0 saturated carbocycles. The largest absolute Gasteiger partial charge is 0.493 e. The van der Waals surface area contributed by atoms with Crippen LogP contribution in [0, 0.1) is 0 Å². The quantitative estimate of drug-likeness (QED) is 0.388. The average Bonchev–Trinajstić information content (AvgIpc) is 3.18. The number of hydrogen-bond donors (Lipinski definition) is 3. The summed E-state index contributed by atoms with van der Waals surface area (Å²) >= 11 is 6.00. The Labute approximate surface area is 190 Å². The first-order valence-electron chi connectivity index (χ1n) is 9.18. The normalized spacial score (nSPS) is 10.3. The molecule has 0 bridgehead atoms. The molecule has 166 valence electrons. The number of nitrogens with zero attached hydrogens (tertiary/aromatic N) is 2. The Morgan fingerprint density at radius 2 is 1.97 bits per heavy atom. The van der Waals surface area contributed by atoms with Crippen molar-refractivity contribution in [3.63, 3.8) is 0 Å². The number of methoxy groups -OCH3 is 1. The zero-order valence-corrected chi connectivity index (χ0v) is 18.3. The van der Waals surface area contributed by atoms with Gasteiger partial charge in [0, 0.05) is 24.7 Å². The summed E-state index contributed by atoms with van der Waals surface area (Å²) in [5.41, 5.74) is 7.44. The molecule has 0 radical (unpaired) electrons. The van der Waals surface area contributed by atoms with Crippen LogP contribution in [-0.4, -0.2) is 36.4 Å². The van der Waals surface area contributed by atoms with E-state index >= 15 is 0 Å². The molecule has 11 heteroatoms. The van der Waals surface area contributed by atoms with Crippen molar-refractivity contribution >= 4 is 35.7 Å². The molecule has 0 saturated heterocycles. The summed E-state index contributed by atoms with van der Waals surface area (Å²) in [6.45, 7) is 1.92. The molecule has 4 N–H and O–H groups in total. The van der Waals surface area contributed by atoms with Gasteiger partial charge >= 0.3 is 0 Å². The van der Waals surface area contributed by atoms with Gasteiger partial charge in [0.15, 0.2) is 11.5 Å². The monoisotopic (exact) mass is 467 g/mol. The summed E-state index contributed by atoms with van der Waals surface area (Å²) in [6, 6.07) is 13.2. The summed E-state index contributed by atoms with van der Waals surface area (Å²) in [5.74, 6) is 0.814. The molecule has 1 amide bonds. The van der Waals surface area contributed by atoms with Crippen molar-refractivity contribution in [3.8, 4) is 11.5 Å². The number of carbonyl (C=O) groups is 1. The smallest absolute Gasteiger partial charge is 0.277 e. The Hall–Kier alpha value is -3.01. The number of nitrogens with two attached hydrogens (primary N) is 1. The van der Waals surface area contributed by atoms with Crippen LogP contribution in [0.1, 0.15) is 21.6 Å². The lowest BCUT2D eigenvalue weighted by molar-refractivity contribution is 0.0944. The highest BCUT2D eigenvalue weighted by atomic mass is 35.5. The Kier molecular flexibility index (Phi) is 9.39. The molecular weight excluding hydrogens is 445 g/mol. The van der Waals surface area contributed by atoms with E-state index in [1.807, 2.05) is 42.5 Å². The summed E-state index contributed by atoms with van der Waals surface area (Å²) in [7, 11) is 1.60. The molecule has 0 unspecified atom stereocenters. The lowest BCUT2D eigenvalue weighted by atomic mass is 10.2. The highest BCUT2D eigenvalue weighted by Gasteiger charge is 2.14. The standard InChI is InChI=1S/C20H22ClN5O4.ClH/c1-28-17-10-13(5-6-16(17)29-12-14-3-2-4-15(21)9-14)11-23-7-8-24-20(27)18-19(22)26-30-25-18;/h2-6,9-10,23H,7-8,11-12H2,1H3,(H2,22,26)(H,24,27);1H. The number of halogens is 2. The molecule has 2 aromatic carbocycles. The van der Waals surface area contributed by atoms with Gasteiger partial charge in [-0.3, -0.25) is 4.79 Å². The molecule has 0 aliphatic heterocycles. The average molecular weight is 468 g/mol. The van der Waals surface area contributed by atoms with Gasteiger partial charge in [-0.1, -0.05) is 29.8 Å². The maximum atomic E-state index is 11.8. The number of hydrogen-bond acceptors (Lipinski definition) is 8. The van der Waals surface area contributed by atoms with E-state index in [1.54, 1.807) is 7.11 Å². The maximum Gasteiger partial charge on any atom is 0.277 e. The van der Waals surface area contributed by atoms with E-state index in [4.69, 9.17) is 26.8 Å². The van der Waals surface area contributed by atoms with Gasteiger partial charge < -0.3 is 25.8 Å². The zero-order valence-electron chi connectivity index (χ0n) is 16.8. The molecule has 3 rings (SSSR count). The van der Waals surface area contributed by atoms with Gasteiger partial charge in [-0.2, -0.15) is 0 Å². The minimum atomic E-state index is -0.432. The van der Waals surface area contributed by atoms with Crippen molar-refractivity contribution in [1.29, 1.82) is 0 Å². The molecule has 0 spiro atoms. The zero-order chi connectivity index (χ0) is 21.3. The molecule has 0 atom stereocenters. The Morgan fingerprint density at radius 1 is 1.13 bits per heavy atom. The van der Waals surface area contributed by atoms with E-state index in [9.17, 15) is 4.79 Å². The molecule has 0 fully saturated rings. The lowest BCUT2D eigenvalue weighted by Gasteiger charge is -2.13. The van der Waals surface area contributed by atoms with Gasteiger partial charge in [0.1, 0.15) is 6.61 Å². The van der Waals surface area contributed by atoms with Crippen molar-refractivity contribution in [1.82, 2.24) is 20.9 Å². The highest BCUT2D eigenvalue weighted by Crippen LogP contribution is 2.29. The third kappa shape index (κ3) is 7.02.